The number of hydrogen-bond acceptors (Lipinski definition) is 2. The van der Waals surface area contributed by atoms with Gasteiger partial charge in [-0.25, -0.2) is 9.98 Å². The van der Waals surface area contributed by atoms with Crippen LogP contribution in [0.25, 0.3) is 83.4 Å². The Morgan fingerprint density at radius 1 is 0.450 bits per heavy atom. The third-order valence-corrected chi connectivity index (χ3v) is 11.3. The lowest BCUT2D eigenvalue weighted by Gasteiger charge is -2.12. The van der Waals surface area contributed by atoms with E-state index in [4.69, 9.17) is 16.1 Å². The number of benzene rings is 8. The number of imidazole rings is 1. The summed E-state index contributed by atoms with van der Waals surface area (Å²) in [7, 11) is 0. The van der Waals surface area contributed by atoms with Crippen molar-refractivity contribution in [2.45, 2.75) is 0 Å². The molecule has 0 bridgehead atoms. The second-order valence-corrected chi connectivity index (χ2v) is 14.9. The fourth-order valence-corrected chi connectivity index (χ4v) is 8.61. The maximum absolute atomic E-state index is 8.74. The van der Waals surface area contributed by atoms with Gasteiger partial charge >= 0.3 is 0 Å². The third-order valence-electron chi connectivity index (χ3n) is 11.3. The molecule has 7 heteroatoms. The molecule has 0 unspecified atom stereocenters. The van der Waals surface area contributed by atoms with Crippen LogP contribution in [0.15, 0.2) is 211 Å². The maximum Gasteiger partial charge on any atom is 0.165 e. The van der Waals surface area contributed by atoms with Crippen molar-refractivity contribution in [3.63, 3.8) is 0 Å². The van der Waals surface area contributed by atoms with Crippen molar-refractivity contribution in [1.82, 2.24) is 18.7 Å². The lowest BCUT2D eigenvalue weighted by molar-refractivity contribution is 1.10. The number of nitrogens with zero attached hydrogens (tertiary/aromatic N) is 5. The average molecular weight is 772 g/mol. The highest BCUT2D eigenvalue weighted by Gasteiger charge is 2.26. The van der Waals surface area contributed by atoms with Crippen molar-refractivity contribution in [2.75, 3.05) is 0 Å². The van der Waals surface area contributed by atoms with Crippen LogP contribution in [0.4, 0.5) is 0 Å². The predicted octanol–water partition coefficient (Wildman–Crippen LogP) is 12.1. The zero-order valence-corrected chi connectivity index (χ0v) is 32.4. The number of aliphatic imine (C=N–C) groups is 1. The van der Waals surface area contributed by atoms with Crippen molar-refractivity contribution >= 4 is 55.5 Å². The van der Waals surface area contributed by atoms with Gasteiger partial charge in [-0.2, -0.15) is 0 Å². The van der Waals surface area contributed by atoms with Crippen LogP contribution in [0.3, 0.4) is 0 Å². The quantitative estimate of drug-likeness (QED) is 0.125. The topological polar surface area (TPSA) is 89.9 Å². The summed E-state index contributed by atoms with van der Waals surface area (Å²) in [5, 5.41) is 12.2. The van der Waals surface area contributed by atoms with Gasteiger partial charge < -0.3 is 10.3 Å². The van der Waals surface area contributed by atoms with Gasteiger partial charge in [0.2, 0.25) is 0 Å². The molecule has 0 aliphatic rings. The van der Waals surface area contributed by atoms with E-state index >= 15 is 0 Å². The Morgan fingerprint density at radius 2 is 1.00 bits per heavy atom. The Bertz CT molecular complexity index is 3410. The van der Waals surface area contributed by atoms with E-state index in [1.807, 2.05) is 54.6 Å². The number of hydrogen-bond donors (Lipinski definition) is 2. The van der Waals surface area contributed by atoms with Gasteiger partial charge in [-0.1, -0.05) is 146 Å². The van der Waals surface area contributed by atoms with E-state index < -0.39 is 0 Å². The van der Waals surface area contributed by atoms with E-state index in [1.54, 1.807) is 0 Å². The fraction of sp³-hybridized carbons (Fsp3) is 0. The Morgan fingerprint density at radius 3 is 1.70 bits per heavy atom. The lowest BCUT2D eigenvalue weighted by Crippen LogP contribution is -2.15. The summed E-state index contributed by atoms with van der Waals surface area (Å²) in [6.45, 7) is 0. The van der Waals surface area contributed by atoms with Gasteiger partial charge in [-0.05, 0) is 71.8 Å². The number of nitrogens with one attached hydrogen (secondary N) is 1. The van der Waals surface area contributed by atoms with Crippen molar-refractivity contribution in [3.05, 3.63) is 217 Å². The molecule has 8 aromatic carbocycles. The molecule has 3 heterocycles. The first-order valence-electron chi connectivity index (χ1n) is 20.0. The van der Waals surface area contributed by atoms with E-state index in [-0.39, 0.29) is 5.84 Å². The highest BCUT2D eigenvalue weighted by Crippen LogP contribution is 2.44. The number of nitrogens with two attached hydrogens (primary N) is 1. The molecule has 3 aromatic heterocycles. The maximum atomic E-state index is 8.74. The molecule has 0 radical (unpaired) electrons. The molecular formula is C53H37N7. The summed E-state index contributed by atoms with van der Waals surface area (Å²) in [5.41, 5.74) is 19.3. The summed E-state index contributed by atoms with van der Waals surface area (Å²) in [6.07, 6.45) is 0. The highest BCUT2D eigenvalue weighted by molar-refractivity contribution is 6.28. The van der Waals surface area contributed by atoms with Crippen LogP contribution in [0.2, 0.25) is 0 Å². The number of rotatable bonds is 7. The van der Waals surface area contributed by atoms with Crippen LogP contribution in [-0.4, -0.2) is 30.4 Å². The van der Waals surface area contributed by atoms with E-state index in [0.29, 0.717) is 11.4 Å². The summed E-state index contributed by atoms with van der Waals surface area (Å²) in [4.78, 5) is 9.92. The first-order chi connectivity index (χ1) is 29.6. The van der Waals surface area contributed by atoms with Crippen molar-refractivity contribution in [2.24, 2.45) is 10.7 Å². The van der Waals surface area contributed by atoms with Crippen LogP contribution in [-0.2, 0) is 0 Å². The largest absolute Gasteiger partial charge is 0.383 e. The van der Waals surface area contributed by atoms with Gasteiger partial charge in [0.15, 0.2) is 11.5 Å². The molecule has 284 valence electrons. The van der Waals surface area contributed by atoms with E-state index in [1.165, 1.54) is 5.39 Å². The molecule has 0 atom stereocenters. The molecular weight excluding hydrogens is 735 g/mol. The van der Waals surface area contributed by atoms with Gasteiger partial charge in [0.05, 0.1) is 16.6 Å². The Labute approximate surface area is 346 Å². The minimum Gasteiger partial charge on any atom is -0.383 e. The lowest BCUT2D eigenvalue weighted by atomic mass is 10.0. The van der Waals surface area contributed by atoms with Crippen LogP contribution in [0.5, 0.6) is 0 Å². The molecule has 0 fully saturated rings. The molecule has 11 aromatic rings. The molecule has 0 spiro atoms. The van der Waals surface area contributed by atoms with Crippen LogP contribution >= 0.6 is 0 Å². The molecule has 0 amide bonds. The van der Waals surface area contributed by atoms with Gasteiger partial charge in [-0.15, -0.1) is 0 Å². The Kier molecular flexibility index (Phi) is 8.30. The van der Waals surface area contributed by atoms with Gasteiger partial charge in [0.1, 0.15) is 17.2 Å². The minimum absolute atomic E-state index is 0.117. The van der Waals surface area contributed by atoms with Gasteiger partial charge in [0, 0.05) is 49.9 Å². The fourth-order valence-electron chi connectivity index (χ4n) is 8.61. The van der Waals surface area contributed by atoms with Crippen molar-refractivity contribution in [3.8, 4) is 39.6 Å². The average Bonchev–Trinajstić information content (AvgIpc) is 3.97. The van der Waals surface area contributed by atoms with E-state index in [2.05, 4.69) is 170 Å². The van der Waals surface area contributed by atoms with Gasteiger partial charge in [-0.3, -0.25) is 14.5 Å². The van der Waals surface area contributed by atoms with Gasteiger partial charge in [0.25, 0.3) is 0 Å². The summed E-state index contributed by atoms with van der Waals surface area (Å²) < 4.78 is 7.02. The number of aromatic nitrogens is 4. The molecule has 7 nitrogen and oxygen atoms in total. The molecule has 60 heavy (non-hydrogen) atoms. The monoisotopic (exact) mass is 771 g/mol. The number of fused-ring (bicyclic) bond motifs is 7. The first-order valence-corrected chi connectivity index (χ1v) is 20.0. The summed E-state index contributed by atoms with van der Waals surface area (Å²) in [6, 6.07) is 70.9. The third kappa shape index (κ3) is 5.71. The molecule has 3 N–H and O–H groups in total. The Hall–Kier alpha value is -8.29. The molecule has 11 rings (SSSR count). The van der Waals surface area contributed by atoms with Crippen LogP contribution in [0.1, 0.15) is 11.1 Å². The smallest absolute Gasteiger partial charge is 0.165 e. The summed E-state index contributed by atoms with van der Waals surface area (Å²) in [5.74, 6) is 1.32. The second kappa shape index (κ2) is 14.3. The predicted molar refractivity (Wildman–Crippen MR) is 247 cm³/mol. The number of amidine groups is 2. The Balaban J connectivity index is 1.11. The highest BCUT2D eigenvalue weighted by atomic mass is 15.2. The molecule has 0 saturated carbocycles. The molecule has 0 aliphatic heterocycles. The SMILES string of the molecule is N=C(N=C(N)c1ccccc1)c1cccc(-c2ccc(-n3c4ccccc4c4c5c6c(nc(-c7ccccc7)n6-c6ccccc6)n(-c6ccccc6)c5ccc43)cc2)c1. The van der Waals surface area contributed by atoms with Crippen LogP contribution in [0, 0.1) is 5.41 Å². The molecule has 0 saturated heterocycles. The summed E-state index contributed by atoms with van der Waals surface area (Å²) >= 11 is 0. The standard InChI is InChI=1S/C53H37N7/c54-50(36-16-5-1-6-17-36)56-51(55)39-21-15-20-38(34-39)35-28-30-42(31-29-35)58-44-27-14-13-26-43(44)47-45(58)32-33-46-48(47)49-53(59(46)40-22-9-3-10-23-40)57-52(37-18-7-2-8-19-37)60(49)41-24-11-4-12-25-41/h1-34H,(H3,54,55,56). The van der Waals surface area contributed by atoms with E-state index in [9.17, 15) is 0 Å². The van der Waals surface area contributed by atoms with Crippen LogP contribution < -0.4 is 5.73 Å². The zero-order valence-electron chi connectivity index (χ0n) is 32.4. The number of para-hydroxylation sites is 3. The second-order valence-electron chi connectivity index (χ2n) is 14.9. The van der Waals surface area contributed by atoms with E-state index in [0.717, 1.165) is 83.6 Å². The minimum atomic E-state index is 0.117. The van der Waals surface area contributed by atoms with Crippen molar-refractivity contribution in [1.29, 1.82) is 5.41 Å². The first kappa shape index (κ1) is 34.9. The zero-order chi connectivity index (χ0) is 40.2. The van der Waals surface area contributed by atoms with Crippen molar-refractivity contribution < 1.29 is 0 Å². The normalized spacial score (nSPS) is 11.9. The molecule has 0 aliphatic carbocycles.